The Bertz CT molecular complexity index is 932. The number of para-hydroxylation sites is 1. The van der Waals surface area contributed by atoms with E-state index in [1.54, 1.807) is 24.3 Å². The smallest absolute Gasteiger partial charge is 0.266 e. The Morgan fingerprint density at radius 3 is 2.70 bits per heavy atom. The molecule has 0 bridgehead atoms. The molecule has 0 unspecified atom stereocenters. The molecule has 0 aliphatic heterocycles. The summed E-state index contributed by atoms with van der Waals surface area (Å²) in [7, 11) is 0. The van der Waals surface area contributed by atoms with Crippen molar-refractivity contribution in [2.24, 2.45) is 0 Å². The predicted molar refractivity (Wildman–Crippen MR) is 87.4 cm³/mol. The highest BCUT2D eigenvalue weighted by Crippen LogP contribution is 2.15. The zero-order valence-electron chi connectivity index (χ0n) is 10.1. The molecule has 1 heterocycles. The fraction of sp³-hybridized carbons (Fsp3) is 0. The molecule has 0 saturated heterocycles. The van der Waals surface area contributed by atoms with Crippen LogP contribution in [0, 0.1) is 14.2 Å². The SMILES string of the molecule is O=c1c2cc(I)ccc2[nH]c(=S)n1-c1ccccc1F. The van der Waals surface area contributed by atoms with Crippen LogP contribution in [0.5, 0.6) is 0 Å². The summed E-state index contributed by atoms with van der Waals surface area (Å²) >= 11 is 7.30. The van der Waals surface area contributed by atoms with Gasteiger partial charge in [-0.15, -0.1) is 0 Å². The third-order valence-corrected chi connectivity index (χ3v) is 3.91. The number of aromatic amines is 1. The molecule has 0 aliphatic carbocycles. The van der Waals surface area contributed by atoms with Crippen LogP contribution in [0.15, 0.2) is 47.3 Å². The quantitative estimate of drug-likeness (QED) is 0.501. The zero-order chi connectivity index (χ0) is 14.3. The standard InChI is InChI=1S/C14H8FIN2OS/c15-10-3-1-2-4-12(10)18-13(19)9-7-8(16)5-6-11(9)17-14(18)20/h1-7H,(H,17,20). The maximum absolute atomic E-state index is 13.9. The van der Waals surface area contributed by atoms with E-state index >= 15 is 0 Å². The number of hydrogen-bond donors (Lipinski definition) is 1. The maximum atomic E-state index is 13.9. The Hall–Kier alpha value is -1.54. The van der Waals surface area contributed by atoms with Crippen molar-refractivity contribution in [3.8, 4) is 5.69 Å². The Morgan fingerprint density at radius 1 is 1.20 bits per heavy atom. The number of nitrogens with one attached hydrogen (secondary N) is 1. The number of hydrogen-bond acceptors (Lipinski definition) is 2. The predicted octanol–water partition coefficient (Wildman–Crippen LogP) is 3.79. The van der Waals surface area contributed by atoms with Gasteiger partial charge in [0.25, 0.3) is 5.56 Å². The Balaban J connectivity index is 2.46. The van der Waals surface area contributed by atoms with Gasteiger partial charge in [-0.05, 0) is 65.1 Å². The van der Waals surface area contributed by atoms with Gasteiger partial charge in [0.2, 0.25) is 0 Å². The number of benzene rings is 2. The minimum absolute atomic E-state index is 0.152. The molecule has 100 valence electrons. The van der Waals surface area contributed by atoms with Gasteiger partial charge in [0, 0.05) is 3.57 Å². The molecule has 3 aromatic rings. The van der Waals surface area contributed by atoms with E-state index in [0.29, 0.717) is 10.9 Å². The highest BCUT2D eigenvalue weighted by molar-refractivity contribution is 14.1. The van der Waals surface area contributed by atoms with Crippen molar-refractivity contribution < 1.29 is 4.39 Å². The number of rotatable bonds is 1. The fourth-order valence-corrected chi connectivity index (χ4v) is 2.82. The highest BCUT2D eigenvalue weighted by atomic mass is 127. The first-order valence-corrected chi connectivity index (χ1v) is 7.26. The normalized spacial score (nSPS) is 10.9. The topological polar surface area (TPSA) is 37.8 Å². The van der Waals surface area contributed by atoms with Crippen molar-refractivity contribution >= 4 is 45.7 Å². The van der Waals surface area contributed by atoms with Crippen LogP contribution in [0.1, 0.15) is 0 Å². The van der Waals surface area contributed by atoms with Crippen LogP contribution in [0.25, 0.3) is 16.6 Å². The van der Waals surface area contributed by atoms with Crippen LogP contribution in [-0.2, 0) is 0 Å². The van der Waals surface area contributed by atoms with E-state index in [0.717, 1.165) is 3.57 Å². The molecule has 1 aromatic heterocycles. The van der Waals surface area contributed by atoms with Crippen LogP contribution in [-0.4, -0.2) is 9.55 Å². The molecule has 2 aromatic carbocycles. The summed E-state index contributed by atoms with van der Waals surface area (Å²) in [5.74, 6) is -0.487. The molecule has 0 radical (unpaired) electrons. The molecule has 0 aliphatic rings. The first-order chi connectivity index (χ1) is 9.58. The van der Waals surface area contributed by atoms with Crippen LogP contribution >= 0.6 is 34.8 Å². The number of fused-ring (bicyclic) bond motifs is 1. The summed E-state index contributed by atoms with van der Waals surface area (Å²) < 4.78 is 16.2. The summed E-state index contributed by atoms with van der Waals surface area (Å²) in [4.78, 5) is 15.5. The van der Waals surface area contributed by atoms with Gasteiger partial charge >= 0.3 is 0 Å². The average Bonchev–Trinajstić information content (AvgIpc) is 2.42. The van der Waals surface area contributed by atoms with Gasteiger partial charge in [-0.2, -0.15) is 0 Å². The molecule has 0 atom stereocenters. The van der Waals surface area contributed by atoms with Gasteiger partial charge in [0.05, 0.1) is 16.6 Å². The number of H-pyrrole nitrogens is 1. The van der Waals surface area contributed by atoms with Crippen LogP contribution < -0.4 is 5.56 Å². The molecular formula is C14H8FIN2OS. The third-order valence-electron chi connectivity index (χ3n) is 2.95. The molecule has 6 heteroatoms. The van der Waals surface area contributed by atoms with Crippen molar-refractivity contribution in [3.63, 3.8) is 0 Å². The van der Waals surface area contributed by atoms with Gasteiger partial charge < -0.3 is 4.98 Å². The lowest BCUT2D eigenvalue weighted by Crippen LogP contribution is -2.21. The van der Waals surface area contributed by atoms with Crippen LogP contribution in [0.3, 0.4) is 0 Å². The van der Waals surface area contributed by atoms with Crippen LogP contribution in [0.4, 0.5) is 4.39 Å². The Labute approximate surface area is 132 Å². The van der Waals surface area contributed by atoms with Gasteiger partial charge in [0.1, 0.15) is 5.82 Å². The second-order valence-electron chi connectivity index (χ2n) is 4.21. The molecule has 1 N–H and O–H groups in total. The van der Waals surface area contributed by atoms with Gasteiger partial charge in [-0.25, -0.2) is 8.96 Å². The summed E-state index contributed by atoms with van der Waals surface area (Å²) in [5.41, 5.74) is 0.472. The molecule has 0 fully saturated rings. The fourth-order valence-electron chi connectivity index (χ4n) is 2.04. The lowest BCUT2D eigenvalue weighted by molar-refractivity contribution is 0.615. The van der Waals surface area contributed by atoms with E-state index in [9.17, 15) is 9.18 Å². The summed E-state index contributed by atoms with van der Waals surface area (Å²) in [5, 5.41) is 0.480. The largest absolute Gasteiger partial charge is 0.331 e. The van der Waals surface area contributed by atoms with Crippen molar-refractivity contribution in [1.29, 1.82) is 0 Å². The number of nitrogens with zero attached hydrogens (tertiary/aromatic N) is 1. The van der Waals surface area contributed by atoms with Crippen LogP contribution in [0.2, 0.25) is 0 Å². The monoisotopic (exact) mass is 398 g/mol. The number of halogens is 2. The first kappa shape index (κ1) is 13.4. The van der Waals surface area contributed by atoms with Crippen molar-refractivity contribution in [2.75, 3.05) is 0 Å². The lowest BCUT2D eigenvalue weighted by Gasteiger charge is -2.09. The number of aromatic nitrogens is 2. The van der Waals surface area contributed by atoms with E-state index in [4.69, 9.17) is 12.2 Å². The lowest BCUT2D eigenvalue weighted by atomic mass is 10.2. The molecule has 3 rings (SSSR count). The third kappa shape index (κ3) is 2.18. The van der Waals surface area contributed by atoms with Gasteiger partial charge in [-0.1, -0.05) is 12.1 Å². The molecular weight excluding hydrogens is 390 g/mol. The molecule has 0 amide bonds. The average molecular weight is 398 g/mol. The highest BCUT2D eigenvalue weighted by Gasteiger charge is 2.11. The van der Waals surface area contributed by atoms with Crippen molar-refractivity contribution in [1.82, 2.24) is 9.55 Å². The zero-order valence-corrected chi connectivity index (χ0v) is 13.0. The van der Waals surface area contributed by atoms with E-state index < -0.39 is 5.82 Å². The molecule has 0 saturated carbocycles. The molecule has 20 heavy (non-hydrogen) atoms. The Kier molecular flexibility index (Phi) is 3.43. The maximum Gasteiger partial charge on any atom is 0.266 e. The van der Waals surface area contributed by atoms with Crippen molar-refractivity contribution in [2.45, 2.75) is 0 Å². The first-order valence-electron chi connectivity index (χ1n) is 5.77. The van der Waals surface area contributed by atoms with E-state index in [1.807, 2.05) is 6.07 Å². The van der Waals surface area contributed by atoms with E-state index in [2.05, 4.69) is 27.6 Å². The van der Waals surface area contributed by atoms with Crippen molar-refractivity contribution in [3.05, 3.63) is 67.0 Å². The minimum Gasteiger partial charge on any atom is -0.331 e. The molecule has 0 spiro atoms. The van der Waals surface area contributed by atoms with E-state index in [-0.39, 0.29) is 16.0 Å². The second kappa shape index (κ2) is 5.10. The van der Waals surface area contributed by atoms with E-state index in [1.165, 1.54) is 16.7 Å². The van der Waals surface area contributed by atoms with Gasteiger partial charge in [0.15, 0.2) is 4.77 Å². The van der Waals surface area contributed by atoms with Gasteiger partial charge in [-0.3, -0.25) is 4.79 Å². The summed E-state index contributed by atoms with van der Waals surface area (Å²) in [6.45, 7) is 0. The molecule has 3 nitrogen and oxygen atoms in total. The summed E-state index contributed by atoms with van der Waals surface area (Å²) in [6, 6.07) is 11.5. The summed E-state index contributed by atoms with van der Waals surface area (Å²) in [6.07, 6.45) is 0. The minimum atomic E-state index is -0.487. The second-order valence-corrected chi connectivity index (χ2v) is 5.84. The Morgan fingerprint density at radius 2 is 1.95 bits per heavy atom.